The number of halogens is 1. The Morgan fingerprint density at radius 2 is 2.25 bits per heavy atom. The Hall–Kier alpha value is -1.82. The van der Waals surface area contributed by atoms with Crippen molar-refractivity contribution in [2.24, 2.45) is 0 Å². The first-order chi connectivity index (χ1) is 9.37. The van der Waals surface area contributed by atoms with Crippen LogP contribution in [0, 0.1) is 0 Å². The monoisotopic (exact) mass is 296 g/mol. The predicted octanol–water partition coefficient (Wildman–Crippen LogP) is 1.13. The zero-order valence-electron chi connectivity index (χ0n) is 11.7. The molecule has 2 amide bonds. The second-order valence-electron chi connectivity index (χ2n) is 5.07. The topological polar surface area (TPSA) is 74.3 Å². The Morgan fingerprint density at radius 1 is 1.55 bits per heavy atom. The van der Waals surface area contributed by atoms with Gasteiger partial charge in [0, 0.05) is 26.3 Å². The zero-order chi connectivity index (χ0) is 14.9. The van der Waals surface area contributed by atoms with Gasteiger partial charge in [-0.05, 0) is 19.9 Å². The van der Waals surface area contributed by atoms with E-state index in [1.165, 1.54) is 11.1 Å². The number of carbonyl (C=O) groups excluding carboxylic acids is 2. The molecule has 1 aromatic heterocycles. The van der Waals surface area contributed by atoms with E-state index in [2.05, 4.69) is 15.6 Å². The van der Waals surface area contributed by atoms with Gasteiger partial charge < -0.3 is 15.5 Å². The summed E-state index contributed by atoms with van der Waals surface area (Å²) in [6, 6.07) is 1.59. The van der Waals surface area contributed by atoms with Crippen molar-refractivity contribution in [2.75, 3.05) is 25.5 Å². The first-order valence-corrected chi connectivity index (χ1v) is 6.69. The molecule has 1 aliphatic rings. The summed E-state index contributed by atoms with van der Waals surface area (Å²) in [6.07, 6.45) is 1.43. The van der Waals surface area contributed by atoms with Crippen molar-refractivity contribution in [1.82, 2.24) is 15.2 Å². The Labute approximate surface area is 122 Å². The van der Waals surface area contributed by atoms with E-state index in [1.807, 2.05) is 0 Å². The molecular weight excluding hydrogens is 280 g/mol. The number of piperazine rings is 1. The van der Waals surface area contributed by atoms with Crippen LogP contribution in [-0.2, 0) is 4.79 Å². The number of nitrogens with one attached hydrogen (secondary N) is 2. The summed E-state index contributed by atoms with van der Waals surface area (Å²) >= 11 is 6.06. The largest absolute Gasteiger partial charge is 0.373 e. The lowest BCUT2D eigenvalue weighted by Gasteiger charge is -2.41. The van der Waals surface area contributed by atoms with Crippen LogP contribution in [0.1, 0.15) is 24.2 Å². The zero-order valence-corrected chi connectivity index (χ0v) is 12.4. The average Bonchev–Trinajstić information content (AvgIpc) is 2.41. The molecule has 108 valence electrons. The molecule has 0 aliphatic carbocycles. The van der Waals surface area contributed by atoms with Gasteiger partial charge in [0.25, 0.3) is 5.91 Å². The molecule has 0 bridgehead atoms. The molecule has 7 heteroatoms. The van der Waals surface area contributed by atoms with Crippen molar-refractivity contribution in [3.8, 4) is 0 Å². The lowest BCUT2D eigenvalue weighted by Crippen LogP contribution is -2.63. The first kappa shape index (κ1) is 14.6. The smallest absolute Gasteiger partial charge is 0.256 e. The number of anilines is 1. The summed E-state index contributed by atoms with van der Waals surface area (Å²) in [4.78, 5) is 30.1. The van der Waals surface area contributed by atoms with E-state index < -0.39 is 5.54 Å². The van der Waals surface area contributed by atoms with Crippen LogP contribution < -0.4 is 10.6 Å². The maximum absolute atomic E-state index is 12.7. The Balaban J connectivity index is 2.38. The van der Waals surface area contributed by atoms with Gasteiger partial charge in [-0.15, -0.1) is 0 Å². The molecule has 0 aromatic carbocycles. The number of nitrogens with zero attached hydrogens (tertiary/aromatic N) is 2. The van der Waals surface area contributed by atoms with Crippen molar-refractivity contribution in [3.63, 3.8) is 0 Å². The number of hydrogen-bond donors (Lipinski definition) is 2. The molecule has 1 fully saturated rings. The van der Waals surface area contributed by atoms with E-state index in [9.17, 15) is 9.59 Å². The second-order valence-corrected chi connectivity index (χ2v) is 5.48. The van der Waals surface area contributed by atoms with Crippen molar-refractivity contribution < 1.29 is 9.59 Å². The fourth-order valence-electron chi connectivity index (χ4n) is 2.14. The fourth-order valence-corrected chi connectivity index (χ4v) is 2.32. The van der Waals surface area contributed by atoms with Gasteiger partial charge in [-0.1, -0.05) is 11.6 Å². The minimum Gasteiger partial charge on any atom is -0.373 e. The fraction of sp³-hybridized carbons (Fsp3) is 0.462. The lowest BCUT2D eigenvalue weighted by molar-refractivity contribution is -0.133. The highest BCUT2D eigenvalue weighted by molar-refractivity contribution is 6.33. The van der Waals surface area contributed by atoms with Gasteiger partial charge in [0.15, 0.2) is 0 Å². The normalized spacial score (nSPS) is 17.6. The number of carbonyl (C=O) groups is 2. The molecule has 0 unspecified atom stereocenters. The average molecular weight is 297 g/mol. The minimum atomic E-state index is -0.901. The van der Waals surface area contributed by atoms with Gasteiger partial charge in [0.05, 0.1) is 10.6 Å². The van der Waals surface area contributed by atoms with Crippen LogP contribution >= 0.6 is 11.6 Å². The van der Waals surface area contributed by atoms with Gasteiger partial charge in [0.1, 0.15) is 11.4 Å². The molecule has 6 nitrogen and oxygen atoms in total. The van der Waals surface area contributed by atoms with Gasteiger partial charge in [-0.25, -0.2) is 4.98 Å². The SMILES string of the molecule is CNc1cc(C(=O)N2CCNC(=O)C2(C)C)c(Cl)cn1. The molecule has 2 N–H and O–H groups in total. The Bertz CT molecular complexity index is 559. The predicted molar refractivity (Wildman–Crippen MR) is 76.9 cm³/mol. The number of rotatable bonds is 2. The van der Waals surface area contributed by atoms with Crippen LogP contribution in [0.3, 0.4) is 0 Å². The number of pyridine rings is 1. The number of amides is 2. The molecule has 20 heavy (non-hydrogen) atoms. The lowest BCUT2D eigenvalue weighted by atomic mass is 9.97. The summed E-state index contributed by atoms with van der Waals surface area (Å²) in [7, 11) is 1.71. The molecular formula is C13H17ClN4O2. The summed E-state index contributed by atoms with van der Waals surface area (Å²) < 4.78 is 0. The molecule has 2 rings (SSSR count). The number of aromatic nitrogens is 1. The van der Waals surface area contributed by atoms with E-state index in [0.29, 0.717) is 24.5 Å². The van der Waals surface area contributed by atoms with Crippen LogP contribution in [-0.4, -0.2) is 47.4 Å². The van der Waals surface area contributed by atoms with Crippen LogP contribution in [0.2, 0.25) is 5.02 Å². The van der Waals surface area contributed by atoms with Gasteiger partial charge >= 0.3 is 0 Å². The third-order valence-electron chi connectivity index (χ3n) is 3.44. The third-order valence-corrected chi connectivity index (χ3v) is 3.74. The molecule has 1 aliphatic heterocycles. The summed E-state index contributed by atoms with van der Waals surface area (Å²) in [5.41, 5.74) is -0.560. The maximum atomic E-state index is 12.7. The van der Waals surface area contributed by atoms with Crippen LogP contribution in [0.15, 0.2) is 12.3 Å². The minimum absolute atomic E-state index is 0.170. The maximum Gasteiger partial charge on any atom is 0.256 e. The molecule has 0 atom stereocenters. The summed E-state index contributed by atoms with van der Waals surface area (Å²) in [5, 5.41) is 5.89. The molecule has 1 aromatic rings. The van der Waals surface area contributed by atoms with Crippen molar-refractivity contribution in [3.05, 3.63) is 22.8 Å². The van der Waals surface area contributed by atoms with Crippen LogP contribution in [0.4, 0.5) is 5.82 Å². The standard InChI is InChI=1S/C13H17ClN4O2/c1-13(2)12(20)16-4-5-18(13)11(19)8-6-10(15-3)17-7-9(8)14/h6-7H,4-5H2,1-3H3,(H,15,17)(H,16,20). The highest BCUT2D eigenvalue weighted by Crippen LogP contribution is 2.25. The van der Waals surface area contributed by atoms with Gasteiger partial charge in [0.2, 0.25) is 5.91 Å². The van der Waals surface area contributed by atoms with Crippen LogP contribution in [0.25, 0.3) is 0 Å². The summed E-state index contributed by atoms with van der Waals surface area (Å²) in [5.74, 6) is 0.113. The van der Waals surface area contributed by atoms with Crippen molar-refractivity contribution in [2.45, 2.75) is 19.4 Å². The molecule has 0 spiro atoms. The molecule has 2 heterocycles. The second kappa shape index (κ2) is 5.28. The van der Waals surface area contributed by atoms with E-state index in [0.717, 1.165) is 0 Å². The first-order valence-electron chi connectivity index (χ1n) is 6.31. The van der Waals surface area contributed by atoms with Gasteiger partial charge in [-0.3, -0.25) is 9.59 Å². The third kappa shape index (κ3) is 2.43. The molecule has 0 saturated carbocycles. The van der Waals surface area contributed by atoms with Gasteiger partial charge in [-0.2, -0.15) is 0 Å². The van der Waals surface area contributed by atoms with Crippen molar-refractivity contribution in [1.29, 1.82) is 0 Å². The summed E-state index contributed by atoms with van der Waals surface area (Å²) in [6.45, 7) is 4.32. The number of hydrogen-bond acceptors (Lipinski definition) is 4. The molecule has 0 radical (unpaired) electrons. The van der Waals surface area contributed by atoms with E-state index in [1.54, 1.807) is 27.0 Å². The highest BCUT2D eigenvalue weighted by atomic mass is 35.5. The quantitative estimate of drug-likeness (QED) is 0.858. The van der Waals surface area contributed by atoms with Crippen LogP contribution in [0.5, 0.6) is 0 Å². The Morgan fingerprint density at radius 3 is 2.90 bits per heavy atom. The Kier molecular flexibility index (Phi) is 3.85. The highest BCUT2D eigenvalue weighted by Gasteiger charge is 2.41. The van der Waals surface area contributed by atoms with Crippen molar-refractivity contribution >= 4 is 29.2 Å². The van der Waals surface area contributed by atoms with E-state index in [-0.39, 0.29) is 16.8 Å². The van der Waals surface area contributed by atoms with E-state index >= 15 is 0 Å². The molecule has 1 saturated heterocycles. The van der Waals surface area contributed by atoms with E-state index in [4.69, 9.17) is 11.6 Å².